The van der Waals surface area contributed by atoms with Gasteiger partial charge in [0.15, 0.2) is 0 Å². The highest BCUT2D eigenvalue weighted by molar-refractivity contribution is 5.23. The zero-order chi connectivity index (χ0) is 14.2. The van der Waals surface area contributed by atoms with Gasteiger partial charge in [-0.15, -0.1) is 0 Å². The molecule has 0 unspecified atom stereocenters. The molecule has 0 amide bonds. The molecule has 0 spiro atoms. The second-order valence-electron chi connectivity index (χ2n) is 5.78. The summed E-state index contributed by atoms with van der Waals surface area (Å²) < 4.78 is 5.26. The summed E-state index contributed by atoms with van der Waals surface area (Å²) in [7, 11) is 1.81. The molecule has 1 aromatic rings. The van der Waals surface area contributed by atoms with Crippen LogP contribution in [-0.2, 0) is 17.8 Å². The first-order valence-electron chi connectivity index (χ1n) is 7.81. The Hall–Kier alpha value is -0.900. The molecular weight excluding hydrogens is 248 g/mol. The van der Waals surface area contributed by atoms with E-state index in [-0.39, 0.29) is 0 Å². The quantitative estimate of drug-likeness (QED) is 0.828. The number of piperidine rings is 1. The number of nitrogens with zero attached hydrogens (tertiary/aromatic N) is 1. The maximum atomic E-state index is 5.26. The minimum Gasteiger partial charge on any atom is -0.384 e. The van der Waals surface area contributed by atoms with E-state index < -0.39 is 0 Å². The Morgan fingerprint density at radius 1 is 1.25 bits per heavy atom. The van der Waals surface area contributed by atoms with Gasteiger partial charge in [-0.3, -0.25) is 4.90 Å². The van der Waals surface area contributed by atoms with Crippen LogP contribution >= 0.6 is 0 Å². The van der Waals surface area contributed by atoms with Gasteiger partial charge < -0.3 is 10.1 Å². The zero-order valence-electron chi connectivity index (χ0n) is 12.9. The molecular formula is C17H28N2O. The summed E-state index contributed by atoms with van der Waals surface area (Å²) >= 11 is 0. The van der Waals surface area contributed by atoms with Crippen LogP contribution < -0.4 is 5.32 Å². The Morgan fingerprint density at radius 3 is 2.70 bits per heavy atom. The highest BCUT2D eigenvalue weighted by Gasteiger charge is 2.18. The maximum Gasteiger partial charge on any atom is 0.0491 e. The molecule has 0 bridgehead atoms. The Kier molecular flexibility index (Phi) is 6.51. The first kappa shape index (κ1) is 15.5. The average Bonchev–Trinajstić information content (AvgIpc) is 2.48. The molecule has 1 aliphatic heterocycles. The van der Waals surface area contributed by atoms with Crippen molar-refractivity contribution in [2.45, 2.75) is 32.9 Å². The van der Waals surface area contributed by atoms with Gasteiger partial charge in [0.2, 0.25) is 0 Å². The van der Waals surface area contributed by atoms with E-state index >= 15 is 0 Å². The van der Waals surface area contributed by atoms with E-state index in [1.807, 2.05) is 7.11 Å². The molecule has 2 rings (SSSR count). The van der Waals surface area contributed by atoms with Crippen LogP contribution in [0.25, 0.3) is 0 Å². The molecule has 3 heteroatoms. The summed E-state index contributed by atoms with van der Waals surface area (Å²) in [6, 6.07) is 8.97. The van der Waals surface area contributed by atoms with Crippen molar-refractivity contribution in [3.8, 4) is 0 Å². The Labute approximate surface area is 123 Å². The van der Waals surface area contributed by atoms with Crippen LogP contribution in [0.5, 0.6) is 0 Å². The number of likely N-dealkylation sites (tertiary alicyclic amines) is 1. The third-order valence-corrected chi connectivity index (χ3v) is 4.09. The standard InChI is InChI=1S/C17H28N2O/c1-3-18-12-16-5-4-6-17(11-16)13-19-9-7-15(8-10-19)14-20-2/h4-6,11,15,18H,3,7-10,12-14H2,1-2H3. The third-order valence-electron chi connectivity index (χ3n) is 4.09. The zero-order valence-corrected chi connectivity index (χ0v) is 12.9. The molecule has 3 nitrogen and oxygen atoms in total. The number of benzene rings is 1. The number of hydrogen-bond donors (Lipinski definition) is 1. The second-order valence-corrected chi connectivity index (χ2v) is 5.78. The van der Waals surface area contributed by atoms with Crippen LogP contribution in [-0.4, -0.2) is 38.3 Å². The molecule has 1 saturated heterocycles. The van der Waals surface area contributed by atoms with Crippen molar-refractivity contribution in [2.24, 2.45) is 5.92 Å². The molecule has 1 N–H and O–H groups in total. The summed E-state index contributed by atoms with van der Waals surface area (Å²) in [4.78, 5) is 2.57. The lowest BCUT2D eigenvalue weighted by Gasteiger charge is -2.31. The molecule has 20 heavy (non-hydrogen) atoms. The maximum absolute atomic E-state index is 5.26. The smallest absolute Gasteiger partial charge is 0.0491 e. The van der Waals surface area contributed by atoms with Crippen LogP contribution in [0, 0.1) is 5.92 Å². The van der Waals surface area contributed by atoms with Crippen molar-refractivity contribution in [3.05, 3.63) is 35.4 Å². The van der Waals surface area contributed by atoms with Crippen molar-refractivity contribution in [1.82, 2.24) is 10.2 Å². The average molecular weight is 276 g/mol. The normalized spacial score (nSPS) is 17.5. The van der Waals surface area contributed by atoms with Gasteiger partial charge in [0, 0.05) is 26.8 Å². The minimum atomic E-state index is 0.760. The Morgan fingerprint density at radius 2 is 2.00 bits per heavy atom. The number of hydrogen-bond acceptors (Lipinski definition) is 3. The lowest BCUT2D eigenvalue weighted by Crippen LogP contribution is -2.34. The number of nitrogens with one attached hydrogen (secondary N) is 1. The summed E-state index contributed by atoms with van der Waals surface area (Å²) in [5.41, 5.74) is 2.82. The molecule has 0 atom stereocenters. The molecule has 0 aliphatic carbocycles. The predicted octanol–water partition coefficient (Wildman–Crippen LogP) is 2.65. The number of methoxy groups -OCH3 is 1. The molecule has 0 saturated carbocycles. The molecule has 0 radical (unpaired) electrons. The van der Waals surface area contributed by atoms with Gasteiger partial charge in [-0.25, -0.2) is 0 Å². The number of rotatable bonds is 7. The van der Waals surface area contributed by atoms with Gasteiger partial charge >= 0.3 is 0 Å². The van der Waals surface area contributed by atoms with E-state index in [9.17, 15) is 0 Å². The van der Waals surface area contributed by atoms with Crippen LogP contribution in [0.1, 0.15) is 30.9 Å². The SMILES string of the molecule is CCNCc1cccc(CN2CCC(COC)CC2)c1. The topological polar surface area (TPSA) is 24.5 Å². The molecule has 1 aliphatic rings. The summed E-state index contributed by atoms with van der Waals surface area (Å²) in [6.07, 6.45) is 2.54. The number of ether oxygens (including phenoxy) is 1. The Bertz CT molecular complexity index is 386. The van der Waals surface area contributed by atoms with Gasteiger partial charge in [0.1, 0.15) is 0 Å². The van der Waals surface area contributed by atoms with Gasteiger partial charge in [0.25, 0.3) is 0 Å². The molecule has 1 fully saturated rings. The lowest BCUT2D eigenvalue weighted by atomic mass is 9.97. The van der Waals surface area contributed by atoms with Crippen molar-refractivity contribution < 1.29 is 4.74 Å². The fourth-order valence-corrected chi connectivity index (χ4v) is 2.91. The van der Waals surface area contributed by atoms with Crippen molar-refractivity contribution >= 4 is 0 Å². The van der Waals surface area contributed by atoms with Gasteiger partial charge in [-0.1, -0.05) is 31.2 Å². The summed E-state index contributed by atoms with van der Waals surface area (Å²) in [6.45, 7) is 8.55. The first-order chi connectivity index (χ1) is 9.81. The van der Waals surface area contributed by atoms with Gasteiger partial charge in [-0.05, 0) is 49.5 Å². The molecule has 0 aromatic heterocycles. The Balaban J connectivity index is 1.81. The molecule has 1 aromatic carbocycles. The van der Waals surface area contributed by atoms with Gasteiger partial charge in [0.05, 0.1) is 0 Å². The van der Waals surface area contributed by atoms with Crippen LogP contribution in [0.3, 0.4) is 0 Å². The van der Waals surface area contributed by atoms with Crippen molar-refractivity contribution in [3.63, 3.8) is 0 Å². The fourth-order valence-electron chi connectivity index (χ4n) is 2.91. The van der Waals surface area contributed by atoms with E-state index in [0.29, 0.717) is 0 Å². The highest BCUT2D eigenvalue weighted by atomic mass is 16.5. The molecule has 112 valence electrons. The first-order valence-corrected chi connectivity index (χ1v) is 7.81. The van der Waals surface area contributed by atoms with E-state index in [2.05, 4.69) is 41.4 Å². The highest BCUT2D eigenvalue weighted by Crippen LogP contribution is 2.19. The van der Waals surface area contributed by atoms with Crippen molar-refractivity contribution in [1.29, 1.82) is 0 Å². The largest absolute Gasteiger partial charge is 0.384 e. The minimum absolute atomic E-state index is 0.760. The van der Waals surface area contributed by atoms with Crippen LogP contribution in [0.4, 0.5) is 0 Å². The fraction of sp³-hybridized carbons (Fsp3) is 0.647. The summed E-state index contributed by atoms with van der Waals surface area (Å²) in [5, 5.41) is 3.39. The second kappa shape index (κ2) is 8.40. The monoisotopic (exact) mass is 276 g/mol. The van der Waals surface area contributed by atoms with E-state index in [4.69, 9.17) is 4.74 Å². The van der Waals surface area contributed by atoms with E-state index in [1.165, 1.54) is 37.1 Å². The third kappa shape index (κ3) is 4.89. The van der Waals surface area contributed by atoms with E-state index in [1.54, 1.807) is 0 Å². The van der Waals surface area contributed by atoms with Crippen LogP contribution in [0.15, 0.2) is 24.3 Å². The predicted molar refractivity (Wildman–Crippen MR) is 83.7 cm³/mol. The summed E-state index contributed by atoms with van der Waals surface area (Å²) in [5.74, 6) is 0.760. The van der Waals surface area contributed by atoms with Crippen molar-refractivity contribution in [2.75, 3.05) is 33.4 Å². The van der Waals surface area contributed by atoms with Gasteiger partial charge in [-0.2, -0.15) is 0 Å². The van der Waals surface area contributed by atoms with Crippen LogP contribution in [0.2, 0.25) is 0 Å². The lowest BCUT2D eigenvalue weighted by molar-refractivity contribution is 0.0968. The van der Waals surface area contributed by atoms with E-state index in [0.717, 1.165) is 32.2 Å². The molecule has 1 heterocycles.